The number of anilines is 1. The van der Waals surface area contributed by atoms with E-state index in [9.17, 15) is 0 Å². The van der Waals surface area contributed by atoms with Crippen LogP contribution in [-0.2, 0) is 6.54 Å². The minimum Gasteiger partial charge on any atom is -0.371 e. The summed E-state index contributed by atoms with van der Waals surface area (Å²) in [4.78, 5) is 2.45. The van der Waals surface area contributed by atoms with E-state index in [1.54, 1.807) is 0 Å². The first kappa shape index (κ1) is 13.7. The lowest BCUT2D eigenvalue weighted by Crippen LogP contribution is -2.34. The second kappa shape index (κ2) is 6.44. The zero-order valence-electron chi connectivity index (χ0n) is 11.4. The normalized spacial score (nSPS) is 16.8. The highest BCUT2D eigenvalue weighted by molar-refractivity contribution is 6.30. The van der Waals surface area contributed by atoms with Crippen molar-refractivity contribution in [2.45, 2.75) is 44.7 Å². The van der Waals surface area contributed by atoms with Gasteiger partial charge in [0.05, 0.1) is 0 Å². The van der Waals surface area contributed by atoms with Crippen LogP contribution in [0.1, 0.15) is 37.7 Å². The Bertz CT molecular complexity index is 386. The van der Waals surface area contributed by atoms with Gasteiger partial charge in [0.15, 0.2) is 0 Å². The van der Waals surface area contributed by atoms with Crippen molar-refractivity contribution in [1.82, 2.24) is 5.32 Å². The van der Waals surface area contributed by atoms with Crippen molar-refractivity contribution in [3.63, 3.8) is 0 Å². The first-order valence-corrected chi connectivity index (χ1v) is 7.26. The quantitative estimate of drug-likeness (QED) is 0.891. The number of nitrogens with one attached hydrogen (secondary N) is 1. The zero-order chi connectivity index (χ0) is 13.0. The van der Waals surface area contributed by atoms with Crippen LogP contribution in [0.3, 0.4) is 0 Å². The molecule has 1 saturated carbocycles. The van der Waals surface area contributed by atoms with E-state index in [1.165, 1.54) is 43.4 Å². The minimum absolute atomic E-state index is 0.690. The van der Waals surface area contributed by atoms with Crippen molar-refractivity contribution in [3.8, 4) is 0 Å². The Morgan fingerprint density at radius 2 is 2.00 bits per heavy atom. The summed E-state index contributed by atoms with van der Waals surface area (Å²) in [6.45, 7) is 0.868. The molecule has 0 bridgehead atoms. The van der Waals surface area contributed by atoms with Crippen molar-refractivity contribution < 1.29 is 0 Å². The fraction of sp³-hybridized carbons (Fsp3) is 0.600. The molecule has 0 radical (unpaired) electrons. The lowest BCUT2D eigenvalue weighted by Gasteiger charge is -2.34. The van der Waals surface area contributed by atoms with Gasteiger partial charge in [-0.05, 0) is 43.7 Å². The molecule has 0 aliphatic heterocycles. The van der Waals surface area contributed by atoms with Gasteiger partial charge < -0.3 is 10.2 Å². The molecule has 1 aromatic carbocycles. The van der Waals surface area contributed by atoms with Gasteiger partial charge in [0.25, 0.3) is 0 Å². The van der Waals surface area contributed by atoms with Crippen LogP contribution in [0.15, 0.2) is 18.2 Å². The maximum absolute atomic E-state index is 6.10. The molecule has 1 fully saturated rings. The molecule has 0 aromatic heterocycles. The summed E-state index contributed by atoms with van der Waals surface area (Å²) in [5, 5.41) is 4.04. The molecule has 100 valence electrons. The van der Waals surface area contributed by atoms with Gasteiger partial charge in [0, 0.05) is 30.3 Å². The summed E-state index contributed by atoms with van der Waals surface area (Å²) in [6, 6.07) is 6.92. The van der Waals surface area contributed by atoms with Crippen molar-refractivity contribution in [1.29, 1.82) is 0 Å². The van der Waals surface area contributed by atoms with E-state index < -0.39 is 0 Å². The fourth-order valence-corrected chi connectivity index (χ4v) is 3.09. The molecule has 18 heavy (non-hydrogen) atoms. The maximum Gasteiger partial charge on any atom is 0.0412 e. The van der Waals surface area contributed by atoms with Gasteiger partial charge in [-0.3, -0.25) is 0 Å². The average Bonchev–Trinajstić information content (AvgIpc) is 2.40. The minimum atomic E-state index is 0.690. The third-order valence-electron chi connectivity index (χ3n) is 3.91. The topological polar surface area (TPSA) is 15.3 Å². The van der Waals surface area contributed by atoms with Crippen LogP contribution in [0.4, 0.5) is 5.69 Å². The summed E-state index contributed by atoms with van der Waals surface area (Å²) >= 11 is 6.10. The molecule has 1 aromatic rings. The smallest absolute Gasteiger partial charge is 0.0412 e. The Morgan fingerprint density at radius 3 is 2.67 bits per heavy atom. The zero-order valence-corrected chi connectivity index (χ0v) is 12.1. The molecule has 0 atom stereocenters. The van der Waals surface area contributed by atoms with Crippen LogP contribution >= 0.6 is 11.6 Å². The van der Waals surface area contributed by atoms with Crippen LogP contribution in [-0.4, -0.2) is 20.1 Å². The SMILES string of the molecule is CNCc1cc(Cl)ccc1N(C)C1CCCCC1. The van der Waals surface area contributed by atoms with Crippen LogP contribution in [0, 0.1) is 0 Å². The molecule has 1 N–H and O–H groups in total. The Kier molecular flexibility index (Phi) is 4.90. The largest absolute Gasteiger partial charge is 0.371 e. The van der Waals surface area contributed by atoms with Crippen LogP contribution < -0.4 is 10.2 Å². The number of hydrogen-bond donors (Lipinski definition) is 1. The number of halogens is 1. The van der Waals surface area contributed by atoms with Crippen LogP contribution in [0.5, 0.6) is 0 Å². The van der Waals surface area contributed by atoms with Crippen LogP contribution in [0.25, 0.3) is 0 Å². The molecule has 2 rings (SSSR count). The molecule has 0 unspecified atom stereocenters. The molecule has 0 spiro atoms. The number of rotatable bonds is 4. The van der Waals surface area contributed by atoms with E-state index in [1.807, 2.05) is 13.1 Å². The van der Waals surface area contributed by atoms with E-state index >= 15 is 0 Å². The average molecular weight is 267 g/mol. The first-order chi connectivity index (χ1) is 8.72. The van der Waals surface area contributed by atoms with Gasteiger partial charge in [-0.25, -0.2) is 0 Å². The number of nitrogens with zero attached hydrogens (tertiary/aromatic N) is 1. The van der Waals surface area contributed by atoms with Gasteiger partial charge >= 0.3 is 0 Å². The third kappa shape index (κ3) is 3.18. The standard InChI is InChI=1S/C15H23ClN2/c1-17-11-12-10-13(16)8-9-15(12)18(2)14-6-4-3-5-7-14/h8-10,14,17H,3-7,11H2,1-2H3. The van der Waals surface area contributed by atoms with Crippen molar-refractivity contribution in [3.05, 3.63) is 28.8 Å². The second-order valence-electron chi connectivity index (χ2n) is 5.21. The summed E-state index contributed by atoms with van der Waals surface area (Å²) in [5.41, 5.74) is 2.61. The molecular weight excluding hydrogens is 244 g/mol. The predicted octanol–water partition coefficient (Wildman–Crippen LogP) is 3.83. The number of hydrogen-bond acceptors (Lipinski definition) is 2. The number of benzene rings is 1. The highest BCUT2D eigenvalue weighted by atomic mass is 35.5. The van der Waals surface area contributed by atoms with Crippen molar-refractivity contribution in [2.24, 2.45) is 0 Å². The van der Waals surface area contributed by atoms with Crippen LogP contribution in [0.2, 0.25) is 5.02 Å². The van der Waals surface area contributed by atoms with E-state index in [-0.39, 0.29) is 0 Å². The lowest BCUT2D eigenvalue weighted by atomic mass is 9.94. The highest BCUT2D eigenvalue weighted by Crippen LogP contribution is 2.30. The van der Waals surface area contributed by atoms with Gasteiger partial charge in [-0.2, -0.15) is 0 Å². The van der Waals surface area contributed by atoms with E-state index in [0.29, 0.717) is 6.04 Å². The van der Waals surface area contributed by atoms with Gasteiger partial charge in [-0.1, -0.05) is 30.9 Å². The predicted molar refractivity (Wildman–Crippen MR) is 79.5 cm³/mol. The highest BCUT2D eigenvalue weighted by Gasteiger charge is 2.20. The molecule has 0 heterocycles. The van der Waals surface area contributed by atoms with Gasteiger partial charge in [-0.15, -0.1) is 0 Å². The van der Waals surface area contributed by atoms with Gasteiger partial charge in [0.1, 0.15) is 0 Å². The molecule has 2 nitrogen and oxygen atoms in total. The summed E-state index contributed by atoms with van der Waals surface area (Å²) < 4.78 is 0. The summed E-state index contributed by atoms with van der Waals surface area (Å²) in [6.07, 6.45) is 6.76. The van der Waals surface area contributed by atoms with E-state index in [0.717, 1.165) is 11.6 Å². The van der Waals surface area contributed by atoms with Crippen molar-refractivity contribution >= 4 is 17.3 Å². The molecule has 1 aliphatic rings. The second-order valence-corrected chi connectivity index (χ2v) is 5.64. The molecule has 3 heteroatoms. The molecule has 0 saturated heterocycles. The van der Waals surface area contributed by atoms with Gasteiger partial charge in [0.2, 0.25) is 0 Å². The fourth-order valence-electron chi connectivity index (χ4n) is 2.90. The summed E-state index contributed by atoms with van der Waals surface area (Å²) in [5.74, 6) is 0. The third-order valence-corrected chi connectivity index (χ3v) is 4.15. The summed E-state index contributed by atoms with van der Waals surface area (Å²) in [7, 11) is 4.20. The molecule has 0 amide bonds. The lowest BCUT2D eigenvalue weighted by molar-refractivity contribution is 0.427. The monoisotopic (exact) mass is 266 g/mol. The molecular formula is C15H23ClN2. The Labute approximate surface area is 115 Å². The van der Waals surface area contributed by atoms with E-state index in [4.69, 9.17) is 11.6 Å². The Hall–Kier alpha value is -0.730. The Morgan fingerprint density at radius 1 is 1.28 bits per heavy atom. The first-order valence-electron chi connectivity index (χ1n) is 6.88. The molecule has 1 aliphatic carbocycles. The van der Waals surface area contributed by atoms with Crippen molar-refractivity contribution in [2.75, 3.05) is 19.0 Å². The van der Waals surface area contributed by atoms with E-state index in [2.05, 4.69) is 29.4 Å². The maximum atomic E-state index is 6.10. The Balaban J connectivity index is 2.19.